The van der Waals surface area contributed by atoms with Gasteiger partial charge in [-0.25, -0.2) is 18.3 Å². The fourth-order valence-corrected chi connectivity index (χ4v) is 2.51. The third kappa shape index (κ3) is 4.51. The second kappa shape index (κ2) is 7.88. The van der Waals surface area contributed by atoms with Crippen molar-refractivity contribution >= 4 is 0 Å². The second-order valence-electron chi connectivity index (χ2n) is 5.49. The van der Waals surface area contributed by atoms with E-state index in [9.17, 15) is 0 Å². The summed E-state index contributed by atoms with van der Waals surface area (Å²) in [4.78, 5) is 0. The summed E-state index contributed by atoms with van der Waals surface area (Å²) in [6.07, 6.45) is 18.0. The Kier molecular flexibility index (Phi) is 5.84. The largest absolute Gasteiger partial charge is 0.243 e. The molecule has 2 aromatic heterocycles. The molecule has 20 heavy (non-hydrogen) atoms. The van der Waals surface area contributed by atoms with Crippen LogP contribution in [0.3, 0.4) is 0 Å². The van der Waals surface area contributed by atoms with Crippen LogP contribution in [0.15, 0.2) is 37.4 Å². The van der Waals surface area contributed by atoms with Crippen LogP contribution in [0, 0.1) is 0 Å². The standard InChI is InChI=1S/C16H28N4/c1-3-7-17-11-13-19(15-17)9-5-6-10-20-14-12-18(16-20)8-4-2/h11-16H,3-10H2,1-2H3/q+2. The van der Waals surface area contributed by atoms with E-state index in [1.807, 2.05) is 0 Å². The minimum absolute atomic E-state index is 1.12. The van der Waals surface area contributed by atoms with Crippen molar-refractivity contribution in [2.75, 3.05) is 0 Å². The summed E-state index contributed by atoms with van der Waals surface area (Å²) in [6.45, 7) is 8.90. The summed E-state index contributed by atoms with van der Waals surface area (Å²) in [6, 6.07) is 0. The number of rotatable bonds is 9. The Hall–Kier alpha value is -1.58. The maximum Gasteiger partial charge on any atom is 0.243 e. The first-order valence-electron chi connectivity index (χ1n) is 7.91. The molecule has 0 aliphatic carbocycles. The van der Waals surface area contributed by atoms with E-state index in [-0.39, 0.29) is 0 Å². The molecule has 0 bridgehead atoms. The highest BCUT2D eigenvalue weighted by Gasteiger charge is 2.05. The Morgan fingerprint density at radius 2 is 1.20 bits per heavy atom. The molecule has 0 N–H and O–H groups in total. The molecule has 0 unspecified atom stereocenters. The fraction of sp³-hybridized carbons (Fsp3) is 0.625. The molecule has 110 valence electrons. The number of unbranched alkanes of at least 4 members (excludes halogenated alkanes) is 1. The van der Waals surface area contributed by atoms with Crippen molar-refractivity contribution in [1.29, 1.82) is 0 Å². The first kappa shape index (κ1) is 14.8. The predicted molar refractivity (Wildman–Crippen MR) is 79.1 cm³/mol. The van der Waals surface area contributed by atoms with Crippen LogP contribution in [0.2, 0.25) is 0 Å². The van der Waals surface area contributed by atoms with E-state index in [1.54, 1.807) is 0 Å². The lowest BCUT2D eigenvalue weighted by Crippen LogP contribution is -2.30. The highest BCUT2D eigenvalue weighted by Crippen LogP contribution is 1.98. The first-order valence-corrected chi connectivity index (χ1v) is 7.91. The van der Waals surface area contributed by atoms with Gasteiger partial charge >= 0.3 is 0 Å². The average molecular weight is 276 g/mol. The van der Waals surface area contributed by atoms with E-state index in [0.717, 1.165) is 26.2 Å². The Morgan fingerprint density at radius 1 is 0.750 bits per heavy atom. The fourth-order valence-electron chi connectivity index (χ4n) is 2.51. The quantitative estimate of drug-likeness (QED) is 0.493. The smallest absolute Gasteiger partial charge is 0.237 e. The lowest BCUT2D eigenvalue weighted by molar-refractivity contribution is -0.696. The number of hydrogen-bond donors (Lipinski definition) is 0. The maximum absolute atomic E-state index is 2.29. The van der Waals surface area contributed by atoms with Crippen molar-refractivity contribution < 1.29 is 9.13 Å². The van der Waals surface area contributed by atoms with Crippen LogP contribution in [-0.4, -0.2) is 9.13 Å². The molecule has 0 saturated carbocycles. The molecule has 2 aromatic rings. The van der Waals surface area contributed by atoms with Crippen LogP contribution in [-0.2, 0) is 26.2 Å². The summed E-state index contributed by atoms with van der Waals surface area (Å²) in [5.41, 5.74) is 0. The van der Waals surface area contributed by atoms with Crippen molar-refractivity contribution in [3.8, 4) is 0 Å². The summed E-state index contributed by atoms with van der Waals surface area (Å²) >= 11 is 0. The van der Waals surface area contributed by atoms with Gasteiger partial charge in [-0.1, -0.05) is 13.8 Å². The van der Waals surface area contributed by atoms with E-state index in [4.69, 9.17) is 0 Å². The Labute approximate surface area is 122 Å². The van der Waals surface area contributed by atoms with Gasteiger partial charge in [0.1, 0.15) is 24.8 Å². The van der Waals surface area contributed by atoms with Crippen LogP contribution in [0.4, 0.5) is 0 Å². The van der Waals surface area contributed by atoms with Crippen LogP contribution in [0.5, 0.6) is 0 Å². The van der Waals surface area contributed by atoms with Gasteiger partial charge < -0.3 is 0 Å². The van der Waals surface area contributed by atoms with Gasteiger partial charge in [-0.2, -0.15) is 0 Å². The number of nitrogens with zero attached hydrogens (tertiary/aromatic N) is 4. The van der Waals surface area contributed by atoms with Crippen LogP contribution in [0.25, 0.3) is 0 Å². The van der Waals surface area contributed by atoms with E-state index in [2.05, 4.69) is 69.6 Å². The molecule has 0 spiro atoms. The molecule has 2 heterocycles. The van der Waals surface area contributed by atoms with Gasteiger partial charge in [-0.05, 0) is 25.7 Å². The molecule has 4 nitrogen and oxygen atoms in total. The van der Waals surface area contributed by atoms with Crippen LogP contribution < -0.4 is 9.13 Å². The molecule has 4 heteroatoms. The van der Waals surface area contributed by atoms with Gasteiger partial charge in [-0.3, -0.25) is 0 Å². The Morgan fingerprint density at radius 3 is 1.60 bits per heavy atom. The lowest BCUT2D eigenvalue weighted by atomic mass is 10.3. The van der Waals surface area contributed by atoms with Crippen LogP contribution in [0.1, 0.15) is 39.5 Å². The Balaban J connectivity index is 1.67. The number of aromatic nitrogens is 4. The number of imidazole rings is 2. The van der Waals surface area contributed by atoms with Crippen LogP contribution >= 0.6 is 0 Å². The molecule has 0 atom stereocenters. The highest BCUT2D eigenvalue weighted by molar-refractivity contribution is 4.68. The molecule has 0 aromatic carbocycles. The van der Waals surface area contributed by atoms with Gasteiger partial charge in [0.25, 0.3) is 0 Å². The predicted octanol–water partition coefficient (Wildman–Crippen LogP) is 2.17. The van der Waals surface area contributed by atoms with Crippen molar-refractivity contribution in [2.24, 2.45) is 0 Å². The first-order chi connectivity index (χ1) is 9.81. The van der Waals surface area contributed by atoms with Crippen molar-refractivity contribution in [2.45, 2.75) is 65.7 Å². The Bertz CT molecular complexity index is 452. The van der Waals surface area contributed by atoms with Crippen molar-refractivity contribution in [1.82, 2.24) is 9.13 Å². The monoisotopic (exact) mass is 276 g/mol. The molecule has 0 fully saturated rings. The van der Waals surface area contributed by atoms with Crippen molar-refractivity contribution in [3.05, 3.63) is 37.4 Å². The van der Waals surface area contributed by atoms with E-state index < -0.39 is 0 Å². The highest BCUT2D eigenvalue weighted by atomic mass is 15.1. The summed E-state index contributed by atoms with van der Waals surface area (Å²) in [5.74, 6) is 0. The molecular formula is C16H28N4+2. The lowest BCUT2D eigenvalue weighted by Gasteiger charge is -1.97. The summed E-state index contributed by atoms with van der Waals surface area (Å²) in [5, 5.41) is 0. The van der Waals surface area contributed by atoms with Crippen molar-refractivity contribution in [3.63, 3.8) is 0 Å². The zero-order valence-electron chi connectivity index (χ0n) is 12.9. The van der Waals surface area contributed by atoms with Gasteiger partial charge in [0.05, 0.1) is 26.2 Å². The van der Waals surface area contributed by atoms with Gasteiger partial charge in [0.2, 0.25) is 12.7 Å². The molecule has 0 amide bonds. The molecule has 0 saturated heterocycles. The topological polar surface area (TPSA) is 17.6 Å². The number of hydrogen-bond acceptors (Lipinski definition) is 0. The SMILES string of the molecule is CCC[n+]1ccn(CCCCn2cc[n+](CCC)c2)c1. The zero-order valence-corrected chi connectivity index (χ0v) is 12.9. The molecule has 2 rings (SSSR count). The molecule has 0 aliphatic heterocycles. The maximum atomic E-state index is 2.29. The van der Waals surface area contributed by atoms with Gasteiger partial charge in [0, 0.05) is 0 Å². The van der Waals surface area contributed by atoms with E-state index in [0.29, 0.717) is 0 Å². The molecular weight excluding hydrogens is 248 g/mol. The molecule has 0 radical (unpaired) electrons. The normalized spacial score (nSPS) is 11.1. The van der Waals surface area contributed by atoms with Gasteiger partial charge in [0.15, 0.2) is 0 Å². The number of aryl methyl sites for hydroxylation is 4. The second-order valence-corrected chi connectivity index (χ2v) is 5.49. The van der Waals surface area contributed by atoms with E-state index in [1.165, 1.54) is 25.7 Å². The zero-order chi connectivity index (χ0) is 14.2. The third-order valence-corrected chi connectivity index (χ3v) is 3.54. The average Bonchev–Trinajstić information content (AvgIpc) is 3.06. The third-order valence-electron chi connectivity index (χ3n) is 3.54. The van der Waals surface area contributed by atoms with Gasteiger partial charge in [-0.15, -0.1) is 0 Å². The summed E-state index contributed by atoms with van der Waals surface area (Å²) in [7, 11) is 0. The molecule has 0 aliphatic rings. The van der Waals surface area contributed by atoms with E-state index >= 15 is 0 Å². The minimum Gasteiger partial charge on any atom is -0.237 e. The minimum atomic E-state index is 1.12. The summed E-state index contributed by atoms with van der Waals surface area (Å²) < 4.78 is 9.12.